The van der Waals surface area contributed by atoms with Gasteiger partial charge in [0.1, 0.15) is 12.4 Å². The summed E-state index contributed by atoms with van der Waals surface area (Å²) in [5.74, 6) is 1.87. The van der Waals surface area contributed by atoms with Crippen molar-refractivity contribution >= 4 is 11.8 Å². The number of carbonyl (C=O) groups excluding carboxylic acids is 2. The number of methoxy groups -OCH3 is 1. The molecular weight excluding hydrogens is 388 g/mol. The van der Waals surface area contributed by atoms with E-state index in [-0.39, 0.29) is 37.7 Å². The van der Waals surface area contributed by atoms with Crippen molar-refractivity contribution in [2.75, 3.05) is 33.6 Å². The number of hydrogen-bond donors (Lipinski definition) is 0. The Balaban J connectivity index is 1.76. The Kier molecular flexibility index (Phi) is 7.35. The highest BCUT2D eigenvalue weighted by molar-refractivity contribution is 5.85. The molecule has 0 N–H and O–H groups in total. The highest BCUT2D eigenvalue weighted by Gasteiger charge is 2.24. The second-order valence-corrected chi connectivity index (χ2v) is 7.62. The van der Waals surface area contributed by atoms with E-state index in [0.717, 1.165) is 5.56 Å². The Morgan fingerprint density at radius 2 is 1.87 bits per heavy atom. The van der Waals surface area contributed by atoms with Crippen LogP contribution in [-0.4, -0.2) is 55.2 Å². The van der Waals surface area contributed by atoms with Gasteiger partial charge in [-0.15, -0.1) is 0 Å². The number of hydrogen-bond acceptors (Lipinski definition) is 6. The summed E-state index contributed by atoms with van der Waals surface area (Å²) >= 11 is 0. The molecule has 2 aromatic rings. The first-order chi connectivity index (χ1) is 14.5. The Bertz CT molecular complexity index is 849. The lowest BCUT2D eigenvalue weighted by molar-refractivity contribution is -0.143. The van der Waals surface area contributed by atoms with Crippen LogP contribution >= 0.6 is 0 Å². The molecule has 2 heterocycles. The molecule has 1 aliphatic heterocycles. The van der Waals surface area contributed by atoms with Gasteiger partial charge in [0.25, 0.3) is 0 Å². The maximum atomic E-state index is 13.2. The molecule has 0 aliphatic carbocycles. The standard InChI is InChI=1S/C22H28N2O6/c1-16(2)10-23(22(26)14-27-3)13-21(25)24(12-18-5-4-8-28-18)11-17-6-7-19-20(9-17)30-15-29-19/h4-9,16H,10-15H2,1-3H3. The maximum absolute atomic E-state index is 13.2. The van der Waals surface area contributed by atoms with Gasteiger partial charge in [0, 0.05) is 20.2 Å². The van der Waals surface area contributed by atoms with Crippen molar-refractivity contribution < 1.29 is 28.2 Å². The fourth-order valence-corrected chi connectivity index (χ4v) is 3.26. The second kappa shape index (κ2) is 10.2. The molecule has 162 valence electrons. The molecule has 0 fully saturated rings. The van der Waals surface area contributed by atoms with E-state index in [4.69, 9.17) is 18.6 Å². The second-order valence-electron chi connectivity index (χ2n) is 7.62. The van der Waals surface area contributed by atoms with Gasteiger partial charge in [0.15, 0.2) is 11.5 Å². The first kappa shape index (κ1) is 21.7. The number of ether oxygens (including phenoxy) is 3. The predicted octanol–water partition coefficient (Wildman–Crippen LogP) is 2.67. The van der Waals surface area contributed by atoms with Crippen molar-refractivity contribution in [3.63, 3.8) is 0 Å². The van der Waals surface area contributed by atoms with Crippen LogP contribution < -0.4 is 9.47 Å². The number of benzene rings is 1. The monoisotopic (exact) mass is 416 g/mol. The van der Waals surface area contributed by atoms with E-state index in [1.807, 2.05) is 38.1 Å². The summed E-state index contributed by atoms with van der Waals surface area (Å²) in [7, 11) is 1.47. The third kappa shape index (κ3) is 5.76. The molecule has 0 unspecified atom stereocenters. The fourth-order valence-electron chi connectivity index (χ4n) is 3.26. The van der Waals surface area contributed by atoms with Crippen LogP contribution in [0.2, 0.25) is 0 Å². The first-order valence-corrected chi connectivity index (χ1v) is 9.91. The molecule has 0 saturated heterocycles. The van der Waals surface area contributed by atoms with Gasteiger partial charge in [-0.25, -0.2) is 0 Å². The predicted molar refractivity (Wildman–Crippen MR) is 109 cm³/mol. The van der Waals surface area contributed by atoms with Gasteiger partial charge in [-0.05, 0) is 35.7 Å². The zero-order valence-electron chi connectivity index (χ0n) is 17.6. The topological polar surface area (TPSA) is 81.5 Å². The number of furan rings is 1. The van der Waals surface area contributed by atoms with Crippen molar-refractivity contribution in [1.82, 2.24) is 9.80 Å². The van der Waals surface area contributed by atoms with Gasteiger partial charge in [-0.3, -0.25) is 9.59 Å². The molecule has 0 saturated carbocycles. The number of amides is 2. The lowest BCUT2D eigenvalue weighted by Crippen LogP contribution is -2.45. The van der Waals surface area contributed by atoms with Gasteiger partial charge in [0.05, 0.1) is 19.4 Å². The van der Waals surface area contributed by atoms with Crippen molar-refractivity contribution in [2.24, 2.45) is 5.92 Å². The van der Waals surface area contributed by atoms with Crippen molar-refractivity contribution in [3.05, 3.63) is 47.9 Å². The Labute approximate surface area is 176 Å². The van der Waals surface area contributed by atoms with E-state index >= 15 is 0 Å². The zero-order valence-corrected chi connectivity index (χ0v) is 17.6. The van der Waals surface area contributed by atoms with Crippen LogP contribution in [0, 0.1) is 5.92 Å². The Hall–Kier alpha value is -3.00. The van der Waals surface area contributed by atoms with Gasteiger partial charge in [-0.1, -0.05) is 19.9 Å². The SMILES string of the molecule is COCC(=O)N(CC(=O)N(Cc1ccc2c(c1)OCO2)Cc1ccco1)CC(C)C. The number of carbonyl (C=O) groups is 2. The third-order valence-corrected chi connectivity index (χ3v) is 4.62. The van der Waals surface area contributed by atoms with Gasteiger partial charge >= 0.3 is 0 Å². The molecule has 1 aliphatic rings. The third-order valence-electron chi connectivity index (χ3n) is 4.62. The van der Waals surface area contributed by atoms with Crippen LogP contribution in [0.4, 0.5) is 0 Å². The van der Waals surface area contributed by atoms with Crippen LogP contribution in [0.15, 0.2) is 41.0 Å². The van der Waals surface area contributed by atoms with Crippen LogP contribution in [0.3, 0.4) is 0 Å². The molecule has 0 radical (unpaired) electrons. The number of fused-ring (bicyclic) bond motifs is 1. The highest BCUT2D eigenvalue weighted by Crippen LogP contribution is 2.33. The van der Waals surface area contributed by atoms with Crippen molar-refractivity contribution in [3.8, 4) is 11.5 Å². The summed E-state index contributed by atoms with van der Waals surface area (Å²) in [6, 6.07) is 9.21. The summed E-state index contributed by atoms with van der Waals surface area (Å²) in [6.07, 6.45) is 1.58. The van der Waals surface area contributed by atoms with E-state index in [9.17, 15) is 9.59 Å². The molecule has 0 bridgehead atoms. The quantitative estimate of drug-likeness (QED) is 0.592. The molecule has 30 heavy (non-hydrogen) atoms. The van der Waals surface area contributed by atoms with E-state index in [0.29, 0.717) is 36.9 Å². The minimum Gasteiger partial charge on any atom is -0.467 e. The van der Waals surface area contributed by atoms with E-state index in [2.05, 4.69) is 0 Å². The lowest BCUT2D eigenvalue weighted by Gasteiger charge is -2.28. The maximum Gasteiger partial charge on any atom is 0.249 e. The normalized spacial score (nSPS) is 12.3. The Morgan fingerprint density at radius 3 is 2.57 bits per heavy atom. The average Bonchev–Trinajstić information content (AvgIpc) is 3.38. The number of nitrogens with zero attached hydrogens (tertiary/aromatic N) is 2. The van der Waals surface area contributed by atoms with Crippen LogP contribution in [-0.2, 0) is 27.4 Å². The highest BCUT2D eigenvalue weighted by atomic mass is 16.7. The summed E-state index contributed by atoms with van der Waals surface area (Å²) in [5.41, 5.74) is 0.901. The summed E-state index contributed by atoms with van der Waals surface area (Å²) in [6.45, 7) is 5.26. The van der Waals surface area contributed by atoms with Gasteiger partial charge < -0.3 is 28.4 Å². The first-order valence-electron chi connectivity index (χ1n) is 9.91. The van der Waals surface area contributed by atoms with Crippen LogP contribution in [0.25, 0.3) is 0 Å². The van der Waals surface area contributed by atoms with Crippen molar-refractivity contribution in [1.29, 1.82) is 0 Å². The minimum atomic E-state index is -0.208. The Morgan fingerprint density at radius 1 is 1.07 bits per heavy atom. The lowest BCUT2D eigenvalue weighted by atomic mass is 10.1. The molecule has 0 spiro atoms. The fraction of sp³-hybridized carbons (Fsp3) is 0.455. The molecule has 2 amide bonds. The largest absolute Gasteiger partial charge is 0.467 e. The average molecular weight is 416 g/mol. The molecule has 1 aromatic carbocycles. The smallest absolute Gasteiger partial charge is 0.249 e. The van der Waals surface area contributed by atoms with E-state index in [1.54, 1.807) is 22.1 Å². The zero-order chi connectivity index (χ0) is 21.5. The molecule has 1 aromatic heterocycles. The number of rotatable bonds is 10. The summed E-state index contributed by atoms with van der Waals surface area (Å²) in [5, 5.41) is 0. The van der Waals surface area contributed by atoms with E-state index < -0.39 is 0 Å². The minimum absolute atomic E-state index is 0.0222. The van der Waals surface area contributed by atoms with Gasteiger partial charge in [-0.2, -0.15) is 0 Å². The van der Waals surface area contributed by atoms with E-state index in [1.165, 1.54) is 7.11 Å². The summed E-state index contributed by atoms with van der Waals surface area (Å²) < 4.78 is 21.2. The molecule has 3 rings (SSSR count). The van der Waals surface area contributed by atoms with Crippen LogP contribution in [0.5, 0.6) is 11.5 Å². The molecule has 8 heteroatoms. The van der Waals surface area contributed by atoms with Gasteiger partial charge in [0.2, 0.25) is 18.6 Å². The summed E-state index contributed by atoms with van der Waals surface area (Å²) in [4.78, 5) is 28.8. The van der Waals surface area contributed by atoms with Crippen molar-refractivity contribution in [2.45, 2.75) is 26.9 Å². The molecule has 8 nitrogen and oxygen atoms in total. The molecular formula is C22H28N2O6. The van der Waals surface area contributed by atoms with Crippen LogP contribution in [0.1, 0.15) is 25.2 Å². The molecule has 0 atom stereocenters.